The fourth-order valence-electron chi connectivity index (χ4n) is 3.95. The second kappa shape index (κ2) is 6.56. The maximum absolute atomic E-state index is 10.9. The summed E-state index contributed by atoms with van der Waals surface area (Å²) >= 11 is 0. The number of para-hydroxylation sites is 1. The van der Waals surface area contributed by atoms with Gasteiger partial charge >= 0.3 is 0 Å². The van der Waals surface area contributed by atoms with Crippen molar-refractivity contribution in [3.05, 3.63) is 106 Å². The second-order valence-electron chi connectivity index (χ2n) is 7.04. The van der Waals surface area contributed by atoms with E-state index in [1.54, 1.807) is 24.3 Å². The van der Waals surface area contributed by atoms with Crippen molar-refractivity contribution in [1.82, 2.24) is 4.52 Å². The fourth-order valence-corrected chi connectivity index (χ4v) is 3.95. The zero-order valence-corrected chi connectivity index (χ0v) is 15.8. The van der Waals surface area contributed by atoms with E-state index < -0.39 is 0 Å². The molecule has 2 aromatic heterocycles. The molecule has 0 spiro atoms. The molecule has 0 atom stereocenters. The summed E-state index contributed by atoms with van der Waals surface area (Å²) in [5.41, 5.74) is 5.54. The van der Waals surface area contributed by atoms with Gasteiger partial charge in [-0.25, -0.2) is 0 Å². The van der Waals surface area contributed by atoms with Crippen LogP contribution in [0.4, 0.5) is 5.69 Å². The van der Waals surface area contributed by atoms with E-state index in [-0.39, 0.29) is 10.6 Å². The van der Waals surface area contributed by atoms with Crippen molar-refractivity contribution in [2.24, 2.45) is 7.05 Å². The SMILES string of the molecule is C[n+]1c(-c2ccccc2)cc2/c(=C/c3ccc([N+](=O)[O-])cc3)c3ccccc3n21. The van der Waals surface area contributed by atoms with Gasteiger partial charge in [0.2, 0.25) is 5.69 Å². The van der Waals surface area contributed by atoms with E-state index in [0.717, 1.165) is 38.5 Å². The minimum absolute atomic E-state index is 0.0973. The smallest absolute Gasteiger partial charge is 0.258 e. The highest BCUT2D eigenvalue weighted by Crippen LogP contribution is 2.21. The van der Waals surface area contributed by atoms with E-state index in [1.807, 2.05) is 30.3 Å². The van der Waals surface area contributed by atoms with E-state index in [2.05, 4.69) is 52.7 Å². The lowest BCUT2D eigenvalue weighted by Gasteiger charge is -1.96. The van der Waals surface area contributed by atoms with Crippen molar-refractivity contribution in [3.8, 4) is 11.3 Å². The van der Waals surface area contributed by atoms with Gasteiger partial charge in [0.25, 0.3) is 5.69 Å². The number of hydrogen-bond acceptors (Lipinski definition) is 2. The van der Waals surface area contributed by atoms with Gasteiger partial charge in [0.1, 0.15) is 11.0 Å². The highest BCUT2D eigenvalue weighted by molar-refractivity contribution is 5.90. The summed E-state index contributed by atoms with van der Waals surface area (Å²) in [5.74, 6) is 0. The topological polar surface area (TPSA) is 51.4 Å². The number of non-ortho nitro benzene ring substituents is 1. The Balaban J connectivity index is 1.80. The number of aryl methyl sites for hydroxylation is 1. The molecule has 0 aliphatic heterocycles. The van der Waals surface area contributed by atoms with E-state index in [1.165, 1.54) is 0 Å². The van der Waals surface area contributed by atoms with Crippen LogP contribution in [0.15, 0.2) is 84.9 Å². The molecule has 29 heavy (non-hydrogen) atoms. The molecule has 5 heteroatoms. The molecule has 5 aromatic rings. The molecule has 2 heterocycles. The van der Waals surface area contributed by atoms with E-state index >= 15 is 0 Å². The average molecular weight is 380 g/mol. The number of hydrogen-bond donors (Lipinski definition) is 0. The van der Waals surface area contributed by atoms with E-state index in [4.69, 9.17) is 0 Å². The first-order chi connectivity index (χ1) is 14.1. The first kappa shape index (κ1) is 17.1. The van der Waals surface area contributed by atoms with Crippen LogP contribution in [0.2, 0.25) is 0 Å². The number of aromatic nitrogens is 2. The molecule has 0 aliphatic rings. The monoisotopic (exact) mass is 380 g/mol. The van der Waals surface area contributed by atoms with Gasteiger partial charge in [0, 0.05) is 34.4 Å². The molecule has 0 amide bonds. The zero-order valence-electron chi connectivity index (χ0n) is 15.8. The average Bonchev–Trinajstić information content (AvgIpc) is 3.25. The number of nitrogens with zero attached hydrogens (tertiary/aromatic N) is 3. The van der Waals surface area contributed by atoms with Gasteiger partial charge in [-0.15, -0.1) is 9.20 Å². The molecule has 0 saturated carbocycles. The summed E-state index contributed by atoms with van der Waals surface area (Å²) < 4.78 is 4.38. The standard InChI is InChI=1S/C24H18N3O2/c1-25-23(18-7-3-2-4-8-18)16-24-21(20-9-5-6-10-22(20)26(24)25)15-17-11-13-19(14-12-17)27(28)29/h2-16H,1H3/q+1/b21-15+. The Bertz CT molecular complexity index is 1420. The first-order valence-electron chi connectivity index (χ1n) is 9.37. The molecule has 5 nitrogen and oxygen atoms in total. The van der Waals surface area contributed by atoms with Crippen molar-refractivity contribution in [1.29, 1.82) is 0 Å². The van der Waals surface area contributed by atoms with Crippen LogP contribution in [-0.2, 0) is 7.05 Å². The third-order valence-electron chi connectivity index (χ3n) is 5.33. The van der Waals surface area contributed by atoms with Gasteiger partial charge < -0.3 is 0 Å². The molecule has 0 radical (unpaired) electrons. The Morgan fingerprint density at radius 3 is 2.31 bits per heavy atom. The Kier molecular flexibility index (Phi) is 3.88. The van der Waals surface area contributed by atoms with Crippen LogP contribution < -0.4 is 9.90 Å². The summed E-state index contributed by atoms with van der Waals surface area (Å²) in [6, 6.07) is 27.5. The molecule has 140 valence electrons. The van der Waals surface area contributed by atoms with Crippen LogP contribution >= 0.6 is 0 Å². The molecular weight excluding hydrogens is 362 g/mol. The zero-order chi connectivity index (χ0) is 20.0. The molecule has 0 aliphatic carbocycles. The third kappa shape index (κ3) is 2.75. The summed E-state index contributed by atoms with van der Waals surface area (Å²) in [6.07, 6.45) is 2.09. The molecule has 0 N–H and O–H groups in total. The van der Waals surface area contributed by atoms with Crippen LogP contribution in [-0.4, -0.2) is 9.44 Å². The van der Waals surface area contributed by atoms with Crippen molar-refractivity contribution in [2.45, 2.75) is 0 Å². The summed E-state index contributed by atoms with van der Waals surface area (Å²) in [4.78, 5) is 10.6. The van der Waals surface area contributed by atoms with Crippen LogP contribution in [0, 0.1) is 10.1 Å². The lowest BCUT2D eigenvalue weighted by molar-refractivity contribution is -0.725. The van der Waals surface area contributed by atoms with Crippen molar-refractivity contribution in [3.63, 3.8) is 0 Å². The van der Waals surface area contributed by atoms with Gasteiger partial charge in [-0.1, -0.05) is 36.4 Å². The van der Waals surface area contributed by atoms with Crippen LogP contribution in [0.3, 0.4) is 0 Å². The van der Waals surface area contributed by atoms with E-state index in [0.29, 0.717) is 0 Å². The van der Waals surface area contributed by atoms with Crippen molar-refractivity contribution >= 4 is 28.2 Å². The van der Waals surface area contributed by atoms with Crippen molar-refractivity contribution < 1.29 is 9.61 Å². The molecule has 0 fully saturated rings. The highest BCUT2D eigenvalue weighted by atomic mass is 16.6. The van der Waals surface area contributed by atoms with E-state index in [9.17, 15) is 10.1 Å². The molecule has 0 bridgehead atoms. The highest BCUT2D eigenvalue weighted by Gasteiger charge is 2.21. The van der Waals surface area contributed by atoms with Crippen molar-refractivity contribution in [2.75, 3.05) is 0 Å². The molecule has 0 unspecified atom stereocenters. The predicted octanol–water partition coefficient (Wildman–Crippen LogP) is 4.04. The third-order valence-corrected chi connectivity index (χ3v) is 5.33. The number of nitro benzene ring substituents is 1. The summed E-state index contributed by atoms with van der Waals surface area (Å²) in [6.45, 7) is 0. The Morgan fingerprint density at radius 1 is 0.897 bits per heavy atom. The predicted molar refractivity (Wildman–Crippen MR) is 113 cm³/mol. The number of fused-ring (bicyclic) bond motifs is 3. The Hall–Kier alpha value is -3.99. The van der Waals surface area contributed by atoms with Gasteiger partial charge in [-0.3, -0.25) is 10.1 Å². The molecular formula is C24H18N3O2+. The maximum Gasteiger partial charge on any atom is 0.269 e. The molecule has 3 aromatic carbocycles. The van der Waals surface area contributed by atoms with Gasteiger partial charge in [0.15, 0.2) is 7.05 Å². The molecule has 0 saturated heterocycles. The molecule has 5 rings (SSSR count). The minimum Gasteiger partial charge on any atom is -0.258 e. The quantitative estimate of drug-likeness (QED) is 0.269. The lowest BCUT2D eigenvalue weighted by atomic mass is 10.1. The summed E-state index contributed by atoms with van der Waals surface area (Å²) in [5, 5.41) is 13.2. The maximum atomic E-state index is 10.9. The Labute approximate surface area is 166 Å². The van der Waals surface area contributed by atoms with Gasteiger partial charge in [0.05, 0.1) is 4.92 Å². The van der Waals surface area contributed by atoms with Crippen LogP contribution in [0.1, 0.15) is 5.56 Å². The van der Waals surface area contributed by atoms with Gasteiger partial charge in [-0.05, 0) is 42.0 Å². The summed E-state index contributed by atoms with van der Waals surface area (Å²) in [7, 11) is 2.07. The normalized spacial score (nSPS) is 12.1. The lowest BCUT2D eigenvalue weighted by Crippen LogP contribution is -2.36. The first-order valence-corrected chi connectivity index (χ1v) is 9.37. The van der Waals surface area contributed by atoms with Crippen LogP contribution in [0.25, 0.3) is 33.8 Å². The van der Waals surface area contributed by atoms with Gasteiger partial charge in [-0.2, -0.15) is 0 Å². The number of nitro groups is 1. The second-order valence-corrected chi connectivity index (χ2v) is 7.04. The van der Waals surface area contributed by atoms with Crippen LogP contribution in [0.5, 0.6) is 0 Å². The largest absolute Gasteiger partial charge is 0.269 e. The Morgan fingerprint density at radius 2 is 1.59 bits per heavy atom. The minimum atomic E-state index is -0.376. The number of rotatable bonds is 3. The fraction of sp³-hybridized carbons (Fsp3) is 0.0417. The number of benzene rings is 3.